The van der Waals surface area contributed by atoms with Crippen LogP contribution in [0.4, 0.5) is 5.69 Å². The summed E-state index contributed by atoms with van der Waals surface area (Å²) in [5.41, 5.74) is -0.370. The average molecular weight is 685 g/mol. The Morgan fingerprint density at radius 2 is 1.76 bits per heavy atom. The van der Waals surface area contributed by atoms with E-state index in [1.165, 1.54) is 4.90 Å². The second-order valence-electron chi connectivity index (χ2n) is 14.5. The number of aliphatic hydroxyl groups excluding tert-OH is 1. The third kappa shape index (κ3) is 6.65. The van der Waals surface area contributed by atoms with Gasteiger partial charge in [0.1, 0.15) is 17.4 Å². The van der Waals surface area contributed by atoms with Crippen LogP contribution >= 0.6 is 15.9 Å². The lowest BCUT2D eigenvalue weighted by Gasteiger charge is -2.40. The minimum Gasteiger partial charge on any atom is -0.494 e. The Balaban J connectivity index is 1.51. The highest BCUT2D eigenvalue weighted by atomic mass is 79.9. The largest absolute Gasteiger partial charge is 0.494 e. The molecule has 3 aliphatic rings. The second kappa shape index (κ2) is 12.7. The van der Waals surface area contributed by atoms with E-state index < -0.39 is 41.2 Å². The van der Waals surface area contributed by atoms with Gasteiger partial charge in [-0.15, -0.1) is 0 Å². The molecule has 3 aliphatic heterocycles. The molecule has 3 heterocycles. The number of carbonyl (C=O) groups excluding carboxylic acids is 3. The molecule has 244 valence electrons. The molecule has 3 fully saturated rings. The van der Waals surface area contributed by atoms with Crippen LogP contribution in [0, 0.1) is 17.3 Å². The van der Waals surface area contributed by atoms with Crippen molar-refractivity contribution in [2.24, 2.45) is 17.3 Å². The van der Waals surface area contributed by atoms with Crippen LogP contribution in [-0.2, 0) is 25.5 Å². The van der Waals surface area contributed by atoms with Gasteiger partial charge in [0.05, 0.1) is 37.2 Å². The van der Waals surface area contributed by atoms with E-state index in [2.05, 4.69) is 47.3 Å². The van der Waals surface area contributed by atoms with E-state index in [0.29, 0.717) is 37.3 Å². The van der Waals surface area contributed by atoms with Crippen LogP contribution in [0.3, 0.4) is 0 Å². The molecule has 10 heteroatoms. The number of nitrogens with one attached hydrogen (secondary N) is 2. The Morgan fingerprint density at radius 3 is 2.36 bits per heavy atom. The number of halogens is 1. The Bertz CT molecular complexity index is 1390. The molecule has 2 aromatic rings. The van der Waals surface area contributed by atoms with Gasteiger partial charge in [0.25, 0.3) is 0 Å². The van der Waals surface area contributed by atoms with E-state index in [0.717, 1.165) is 5.56 Å². The van der Waals surface area contributed by atoms with Crippen LogP contribution in [-0.4, -0.2) is 75.1 Å². The first kappa shape index (κ1) is 33.4. The number of alkyl halides is 1. The van der Waals surface area contributed by atoms with E-state index in [1.54, 1.807) is 24.3 Å². The maximum Gasteiger partial charge on any atom is 0.246 e. The highest BCUT2D eigenvalue weighted by molar-refractivity contribution is 9.09. The number of benzene rings is 2. The van der Waals surface area contributed by atoms with Crippen molar-refractivity contribution in [3.8, 4) is 5.75 Å². The first-order valence-corrected chi connectivity index (χ1v) is 16.8. The van der Waals surface area contributed by atoms with E-state index in [1.807, 2.05) is 51.1 Å². The summed E-state index contributed by atoms with van der Waals surface area (Å²) in [6.45, 7) is 12.4. The fourth-order valence-corrected chi connectivity index (χ4v) is 8.94. The van der Waals surface area contributed by atoms with Crippen molar-refractivity contribution >= 4 is 39.3 Å². The van der Waals surface area contributed by atoms with E-state index in [9.17, 15) is 19.5 Å². The maximum absolute atomic E-state index is 14.6. The fourth-order valence-electron chi connectivity index (χ4n) is 8.00. The highest BCUT2D eigenvalue weighted by Crippen LogP contribution is 2.60. The minimum absolute atomic E-state index is 0.0585. The molecular formula is C35H46BrN3O6. The number of likely N-dealkylation sites (tertiary alicyclic amines) is 1. The summed E-state index contributed by atoms with van der Waals surface area (Å²) in [5.74, 6) is -2.04. The van der Waals surface area contributed by atoms with Crippen molar-refractivity contribution in [1.29, 1.82) is 0 Å². The molecule has 0 aliphatic carbocycles. The van der Waals surface area contributed by atoms with Gasteiger partial charge in [0, 0.05) is 16.1 Å². The minimum atomic E-state index is -1.23. The lowest BCUT2D eigenvalue weighted by molar-refractivity contribution is -0.145. The molecule has 45 heavy (non-hydrogen) atoms. The number of amides is 3. The van der Waals surface area contributed by atoms with Gasteiger partial charge < -0.3 is 30.1 Å². The first-order valence-electron chi connectivity index (χ1n) is 15.8. The molecule has 9 nitrogen and oxygen atoms in total. The molecule has 2 bridgehead atoms. The molecule has 1 spiro atoms. The number of rotatable bonds is 11. The molecule has 0 saturated carbocycles. The summed E-state index contributed by atoms with van der Waals surface area (Å²) in [7, 11) is 0. The van der Waals surface area contributed by atoms with Gasteiger partial charge >= 0.3 is 0 Å². The summed E-state index contributed by atoms with van der Waals surface area (Å²) in [6, 6.07) is 15.0. The summed E-state index contributed by atoms with van der Waals surface area (Å²) < 4.78 is 12.2. The van der Waals surface area contributed by atoms with E-state index in [4.69, 9.17) is 9.47 Å². The molecule has 3 amide bonds. The number of fused-ring (bicyclic) bond motifs is 1. The van der Waals surface area contributed by atoms with Gasteiger partial charge in [-0.05, 0) is 75.3 Å². The standard InChI is InChI=1S/C35H46BrN3O6/c1-7-44-24-15-13-22(14-16-24)37-30(41)26-27-32(43)39(23(19-40)17-21-11-9-8-10-12-21)29(35(27)18-25(36)28(26)45-35)31(42)38-34(5,6)20-33(2,3)4/h8-16,23,25-29,40H,7,17-20H2,1-6H3,(H,37,41)(H,38,42)/t23-,25?,26-,27+,28-,29?,35?/m1/s1. The first-order chi connectivity index (χ1) is 21.2. The lowest BCUT2D eigenvalue weighted by Crippen LogP contribution is -2.61. The van der Waals surface area contributed by atoms with Gasteiger partial charge in [-0.1, -0.05) is 67.0 Å². The van der Waals surface area contributed by atoms with Gasteiger partial charge in [-0.25, -0.2) is 0 Å². The van der Waals surface area contributed by atoms with Gasteiger partial charge in [-0.3, -0.25) is 14.4 Å². The zero-order chi connectivity index (χ0) is 32.7. The smallest absolute Gasteiger partial charge is 0.246 e. The van der Waals surface area contributed by atoms with Crippen LogP contribution in [0.1, 0.15) is 59.9 Å². The molecule has 0 radical (unpaired) electrons. The van der Waals surface area contributed by atoms with E-state index >= 15 is 0 Å². The van der Waals surface area contributed by atoms with Crippen LogP contribution in [0.2, 0.25) is 0 Å². The fraction of sp³-hybridized carbons (Fsp3) is 0.571. The van der Waals surface area contributed by atoms with Gasteiger partial charge in [-0.2, -0.15) is 0 Å². The molecule has 7 atom stereocenters. The third-order valence-electron chi connectivity index (χ3n) is 9.06. The Labute approximate surface area is 274 Å². The molecule has 2 aromatic carbocycles. The SMILES string of the molecule is CCOc1ccc(NC(=O)[C@H]2[C@@H]3OC4(CC3Br)C(C(=O)NC(C)(C)CC(C)(C)C)N([C@@H](CO)Cc3ccccc3)C(=O)[C@H]24)cc1. The highest BCUT2D eigenvalue weighted by Gasteiger charge is 2.77. The van der Waals surface area contributed by atoms with Crippen molar-refractivity contribution < 1.29 is 29.0 Å². The van der Waals surface area contributed by atoms with E-state index in [-0.39, 0.29) is 34.6 Å². The second-order valence-corrected chi connectivity index (χ2v) is 15.7. The van der Waals surface area contributed by atoms with Crippen molar-refractivity contribution in [2.45, 2.75) is 95.0 Å². The number of hydrogen-bond donors (Lipinski definition) is 3. The van der Waals surface area contributed by atoms with Crippen molar-refractivity contribution in [1.82, 2.24) is 10.2 Å². The van der Waals surface area contributed by atoms with Crippen molar-refractivity contribution in [2.75, 3.05) is 18.5 Å². The van der Waals surface area contributed by atoms with Crippen LogP contribution < -0.4 is 15.4 Å². The summed E-state index contributed by atoms with van der Waals surface area (Å²) in [6.07, 6.45) is 0.848. The predicted molar refractivity (Wildman–Crippen MR) is 176 cm³/mol. The zero-order valence-corrected chi connectivity index (χ0v) is 28.6. The van der Waals surface area contributed by atoms with Gasteiger partial charge in [0.2, 0.25) is 17.7 Å². The number of nitrogens with zero attached hydrogens (tertiary/aromatic N) is 1. The number of hydrogen-bond acceptors (Lipinski definition) is 6. The Hall–Kier alpha value is -2.95. The lowest BCUT2D eigenvalue weighted by atomic mass is 9.70. The average Bonchev–Trinajstić information content (AvgIpc) is 3.55. The normalized spacial score (nSPS) is 28.1. The Morgan fingerprint density at radius 1 is 1.09 bits per heavy atom. The molecule has 3 unspecified atom stereocenters. The van der Waals surface area contributed by atoms with Crippen molar-refractivity contribution in [3.63, 3.8) is 0 Å². The summed E-state index contributed by atoms with van der Waals surface area (Å²) in [5, 5.41) is 16.9. The summed E-state index contributed by atoms with van der Waals surface area (Å²) in [4.78, 5) is 44.3. The van der Waals surface area contributed by atoms with Crippen LogP contribution in [0.15, 0.2) is 54.6 Å². The molecular weight excluding hydrogens is 638 g/mol. The van der Waals surface area contributed by atoms with Gasteiger partial charge in [0.15, 0.2) is 0 Å². The van der Waals surface area contributed by atoms with Crippen molar-refractivity contribution in [3.05, 3.63) is 60.2 Å². The molecule has 3 N–H and O–H groups in total. The topological polar surface area (TPSA) is 117 Å². The number of anilines is 1. The number of carbonyl (C=O) groups is 3. The van der Waals surface area contributed by atoms with Crippen LogP contribution in [0.25, 0.3) is 0 Å². The molecule has 0 aromatic heterocycles. The Kier molecular flexibility index (Phi) is 9.42. The monoisotopic (exact) mass is 683 g/mol. The number of aliphatic hydroxyl groups is 1. The maximum atomic E-state index is 14.6. The quantitative estimate of drug-likeness (QED) is 0.296. The predicted octanol–water partition coefficient (Wildman–Crippen LogP) is 4.71. The molecule has 3 saturated heterocycles. The number of ether oxygens (including phenoxy) is 2. The third-order valence-corrected chi connectivity index (χ3v) is 9.91. The van der Waals surface area contributed by atoms with Crippen LogP contribution in [0.5, 0.6) is 5.75 Å². The zero-order valence-electron chi connectivity index (χ0n) is 27.0. The summed E-state index contributed by atoms with van der Waals surface area (Å²) >= 11 is 3.74. The molecule has 5 rings (SSSR count).